The number of benzene rings is 1. The monoisotopic (exact) mass is 263 g/mol. The Kier molecular flexibility index (Phi) is 6.36. The number of para-hydroxylation sites is 1. The van der Waals surface area contributed by atoms with Crippen LogP contribution < -0.4 is 4.90 Å². The summed E-state index contributed by atoms with van der Waals surface area (Å²) in [4.78, 5) is 2.22. The highest BCUT2D eigenvalue weighted by Gasteiger charge is 2.34. The molecule has 0 atom stereocenters. The molecule has 0 saturated carbocycles. The summed E-state index contributed by atoms with van der Waals surface area (Å²) in [6.45, 7) is 8.10. The second kappa shape index (κ2) is 7.54. The van der Waals surface area contributed by atoms with Gasteiger partial charge in [-0.25, -0.2) is 0 Å². The Bertz CT molecular complexity index is 367. The molecule has 1 saturated heterocycles. The molecule has 0 N–H and O–H groups in total. The van der Waals surface area contributed by atoms with Crippen LogP contribution in [0.25, 0.3) is 0 Å². The average Bonchev–Trinajstić information content (AvgIpc) is 2.50. The second-order valence-corrected chi connectivity index (χ2v) is 5.16. The Morgan fingerprint density at radius 2 is 1.68 bits per heavy atom. The summed E-state index contributed by atoms with van der Waals surface area (Å²) in [7, 11) is 4.25. The normalized spacial score (nSPS) is 17.3. The van der Waals surface area contributed by atoms with Crippen molar-refractivity contribution in [2.45, 2.75) is 45.4 Å². The summed E-state index contributed by atoms with van der Waals surface area (Å²) in [5.41, 5.74) is 3.17. The van der Waals surface area contributed by atoms with Crippen molar-refractivity contribution in [3.8, 4) is 0 Å². The van der Waals surface area contributed by atoms with Gasteiger partial charge in [0.15, 0.2) is 0 Å². The number of ether oxygens (including phenoxy) is 1. The lowest BCUT2D eigenvalue weighted by Crippen LogP contribution is -2.34. The van der Waals surface area contributed by atoms with Crippen molar-refractivity contribution in [2.24, 2.45) is 0 Å². The molecule has 0 aliphatic carbocycles. The molecular weight excluding hydrogens is 234 g/mol. The minimum atomic E-state index is 0.319. The highest BCUT2D eigenvalue weighted by atomic mass is 16.5. The van der Waals surface area contributed by atoms with Gasteiger partial charge in [0.1, 0.15) is 0 Å². The number of rotatable bonds is 3. The number of nitrogens with zero attached hydrogens (tertiary/aromatic N) is 1. The molecule has 108 valence electrons. The van der Waals surface area contributed by atoms with Crippen molar-refractivity contribution in [2.75, 3.05) is 32.2 Å². The van der Waals surface area contributed by atoms with Crippen molar-refractivity contribution in [3.05, 3.63) is 29.8 Å². The lowest BCUT2D eigenvalue weighted by Gasteiger charge is -2.39. The van der Waals surface area contributed by atoms with Crippen LogP contribution in [-0.4, -0.2) is 27.3 Å². The first-order valence-corrected chi connectivity index (χ1v) is 7.54. The molecule has 0 bridgehead atoms. The smallest absolute Gasteiger partial charge is 0.0474 e. The zero-order valence-corrected chi connectivity index (χ0v) is 13.2. The molecule has 2 nitrogen and oxygen atoms in total. The molecule has 0 spiro atoms. The van der Waals surface area contributed by atoms with Gasteiger partial charge in [0.05, 0.1) is 0 Å². The third kappa shape index (κ3) is 3.50. The molecule has 0 amide bonds. The van der Waals surface area contributed by atoms with Crippen LogP contribution in [0.1, 0.15) is 45.6 Å². The van der Waals surface area contributed by atoms with Gasteiger partial charge in [-0.05, 0) is 30.9 Å². The molecule has 0 unspecified atom stereocenters. The average molecular weight is 263 g/mol. The quantitative estimate of drug-likeness (QED) is 0.809. The Balaban J connectivity index is 0.000000861. The van der Waals surface area contributed by atoms with Crippen LogP contribution in [0.2, 0.25) is 0 Å². The van der Waals surface area contributed by atoms with Crippen molar-refractivity contribution in [1.82, 2.24) is 0 Å². The predicted octanol–water partition coefficient (Wildman–Crippen LogP) is 4.24. The van der Waals surface area contributed by atoms with Crippen molar-refractivity contribution >= 4 is 5.69 Å². The molecule has 1 aliphatic heterocycles. The molecule has 1 aromatic carbocycles. The second-order valence-electron chi connectivity index (χ2n) is 5.16. The first-order valence-electron chi connectivity index (χ1n) is 7.54. The highest BCUT2D eigenvalue weighted by Crippen LogP contribution is 2.41. The maximum Gasteiger partial charge on any atom is 0.0474 e. The summed E-state index contributed by atoms with van der Waals surface area (Å²) in [5, 5.41) is 0. The molecule has 2 heteroatoms. The third-order valence-electron chi connectivity index (χ3n) is 4.08. The van der Waals surface area contributed by atoms with E-state index in [9.17, 15) is 0 Å². The van der Waals surface area contributed by atoms with Crippen LogP contribution in [0, 0.1) is 0 Å². The highest BCUT2D eigenvalue weighted by molar-refractivity contribution is 5.56. The van der Waals surface area contributed by atoms with E-state index in [0.29, 0.717) is 5.41 Å². The molecule has 19 heavy (non-hydrogen) atoms. The first-order chi connectivity index (χ1) is 9.19. The van der Waals surface area contributed by atoms with Crippen LogP contribution >= 0.6 is 0 Å². The van der Waals surface area contributed by atoms with E-state index in [1.54, 1.807) is 0 Å². The molecule has 1 fully saturated rings. The number of anilines is 1. The summed E-state index contributed by atoms with van der Waals surface area (Å²) < 4.78 is 5.53. The van der Waals surface area contributed by atoms with E-state index >= 15 is 0 Å². The van der Waals surface area contributed by atoms with E-state index < -0.39 is 0 Å². The topological polar surface area (TPSA) is 12.5 Å². The van der Waals surface area contributed by atoms with E-state index in [1.807, 2.05) is 13.8 Å². The fourth-order valence-corrected chi connectivity index (χ4v) is 2.89. The largest absolute Gasteiger partial charge is 0.381 e. The lowest BCUT2D eigenvalue weighted by atomic mass is 9.71. The fraction of sp³-hybridized carbons (Fsp3) is 0.647. The van der Waals surface area contributed by atoms with Crippen molar-refractivity contribution in [1.29, 1.82) is 0 Å². The number of hydrogen-bond donors (Lipinski definition) is 0. The van der Waals surface area contributed by atoms with Gasteiger partial charge >= 0.3 is 0 Å². The van der Waals surface area contributed by atoms with Gasteiger partial charge < -0.3 is 9.64 Å². The van der Waals surface area contributed by atoms with Crippen LogP contribution in [0.4, 0.5) is 5.69 Å². The molecule has 1 aliphatic rings. The molecule has 0 aromatic heterocycles. The Hall–Kier alpha value is -1.02. The van der Waals surface area contributed by atoms with E-state index in [-0.39, 0.29) is 0 Å². The van der Waals surface area contributed by atoms with Crippen LogP contribution in [-0.2, 0) is 10.2 Å². The fourth-order valence-electron chi connectivity index (χ4n) is 2.89. The van der Waals surface area contributed by atoms with Gasteiger partial charge in [0.25, 0.3) is 0 Å². The van der Waals surface area contributed by atoms with Gasteiger partial charge in [-0.15, -0.1) is 0 Å². The Morgan fingerprint density at radius 3 is 2.21 bits per heavy atom. The van der Waals surface area contributed by atoms with Gasteiger partial charge in [-0.1, -0.05) is 39.0 Å². The SMILES string of the molecule is CC.CCC1(c2ccccc2N(C)C)CCOCC1. The zero-order chi connectivity index (χ0) is 14.3. The Morgan fingerprint density at radius 1 is 1.11 bits per heavy atom. The first kappa shape index (κ1) is 16.0. The van der Waals surface area contributed by atoms with Gasteiger partial charge in [0.2, 0.25) is 0 Å². The predicted molar refractivity (Wildman–Crippen MR) is 84.1 cm³/mol. The maximum atomic E-state index is 5.53. The molecular formula is C17H29NO. The van der Waals surface area contributed by atoms with Crippen LogP contribution in [0.5, 0.6) is 0 Å². The van der Waals surface area contributed by atoms with E-state index in [2.05, 4.69) is 50.2 Å². The Labute approximate surface area is 118 Å². The summed E-state index contributed by atoms with van der Waals surface area (Å²) in [5.74, 6) is 0. The molecule has 1 aromatic rings. The number of hydrogen-bond acceptors (Lipinski definition) is 2. The van der Waals surface area contributed by atoms with E-state index in [0.717, 1.165) is 26.1 Å². The van der Waals surface area contributed by atoms with Gasteiger partial charge in [-0.2, -0.15) is 0 Å². The summed E-state index contributed by atoms with van der Waals surface area (Å²) in [6, 6.07) is 8.81. The van der Waals surface area contributed by atoms with Crippen molar-refractivity contribution in [3.63, 3.8) is 0 Å². The zero-order valence-electron chi connectivity index (χ0n) is 13.2. The minimum absolute atomic E-state index is 0.319. The van der Waals surface area contributed by atoms with Crippen LogP contribution in [0.15, 0.2) is 24.3 Å². The van der Waals surface area contributed by atoms with Crippen molar-refractivity contribution < 1.29 is 4.74 Å². The molecule has 1 heterocycles. The third-order valence-corrected chi connectivity index (χ3v) is 4.08. The van der Waals surface area contributed by atoms with Crippen LogP contribution in [0.3, 0.4) is 0 Å². The lowest BCUT2D eigenvalue weighted by molar-refractivity contribution is 0.0487. The summed E-state index contributed by atoms with van der Waals surface area (Å²) in [6.07, 6.45) is 3.49. The van der Waals surface area contributed by atoms with Gasteiger partial charge in [-0.3, -0.25) is 0 Å². The summed E-state index contributed by atoms with van der Waals surface area (Å²) >= 11 is 0. The standard InChI is InChI=1S/C15H23NO.C2H6/c1-4-15(9-11-17-12-10-15)13-7-5-6-8-14(13)16(2)3;1-2/h5-8H,4,9-12H2,1-3H3;1-2H3. The maximum absolute atomic E-state index is 5.53. The molecule has 2 rings (SSSR count). The van der Waals surface area contributed by atoms with Gasteiger partial charge in [0, 0.05) is 38.4 Å². The van der Waals surface area contributed by atoms with E-state index in [1.165, 1.54) is 17.7 Å². The molecule has 0 radical (unpaired) electrons. The van der Waals surface area contributed by atoms with E-state index in [4.69, 9.17) is 4.74 Å². The minimum Gasteiger partial charge on any atom is -0.381 e.